The first-order chi connectivity index (χ1) is 11.6. The monoisotopic (exact) mass is 340 g/mol. The average Bonchev–Trinajstić information content (AvgIpc) is 3.13. The van der Waals surface area contributed by atoms with E-state index in [1.54, 1.807) is 6.26 Å². The number of nitrogens with zero attached hydrogens (tertiary/aromatic N) is 4. The molecule has 0 unspecified atom stereocenters. The van der Waals surface area contributed by atoms with E-state index in [1.807, 2.05) is 29.3 Å². The molecule has 0 bridgehead atoms. The second-order valence-electron chi connectivity index (χ2n) is 6.27. The molecule has 3 heterocycles. The summed E-state index contributed by atoms with van der Waals surface area (Å²) < 4.78 is 9.99. The Hall–Kier alpha value is -2.18. The van der Waals surface area contributed by atoms with Crippen LogP contribution in [-0.4, -0.2) is 25.8 Å². The number of hydrogen-bond acceptors (Lipinski definition) is 4. The molecular weight excluding hydrogens is 320 g/mol. The largest absolute Gasteiger partial charge is 0.469 e. The zero-order valence-corrected chi connectivity index (χ0v) is 14.7. The minimum atomic E-state index is 0.706. The third-order valence-electron chi connectivity index (χ3n) is 4.68. The Morgan fingerprint density at radius 1 is 1.21 bits per heavy atom. The lowest BCUT2D eigenvalue weighted by atomic mass is 10.0. The van der Waals surface area contributed by atoms with E-state index in [-0.39, 0.29) is 0 Å². The number of aryl methyl sites for hydroxylation is 1. The molecule has 1 aromatic carbocycles. The van der Waals surface area contributed by atoms with Gasteiger partial charge >= 0.3 is 0 Å². The lowest BCUT2D eigenvalue weighted by molar-refractivity contribution is 0.188. The number of benzene rings is 1. The van der Waals surface area contributed by atoms with Gasteiger partial charge < -0.3 is 8.98 Å². The Balaban J connectivity index is 1.60. The highest BCUT2D eigenvalue weighted by atomic mass is 32.1. The minimum Gasteiger partial charge on any atom is -0.469 e. The van der Waals surface area contributed by atoms with Gasteiger partial charge in [0.15, 0.2) is 10.6 Å². The van der Waals surface area contributed by atoms with Crippen LogP contribution in [0.5, 0.6) is 0 Å². The van der Waals surface area contributed by atoms with Crippen LogP contribution in [0.3, 0.4) is 0 Å². The summed E-state index contributed by atoms with van der Waals surface area (Å²) in [5.41, 5.74) is 3.84. The van der Waals surface area contributed by atoms with Crippen molar-refractivity contribution in [2.45, 2.75) is 26.6 Å². The van der Waals surface area contributed by atoms with E-state index in [4.69, 9.17) is 21.7 Å². The molecule has 0 aliphatic carbocycles. The molecule has 4 rings (SSSR count). The van der Waals surface area contributed by atoms with Crippen LogP contribution in [0.25, 0.3) is 11.4 Å². The summed E-state index contributed by atoms with van der Waals surface area (Å²) in [4.78, 5) is 2.39. The molecule has 0 amide bonds. The quantitative estimate of drug-likeness (QED) is 0.684. The van der Waals surface area contributed by atoms with Gasteiger partial charge in [0.2, 0.25) is 0 Å². The Kier molecular flexibility index (Phi) is 3.86. The minimum absolute atomic E-state index is 0.706. The number of hydrogen-bond donors (Lipinski definition) is 0. The summed E-state index contributed by atoms with van der Waals surface area (Å²) in [6.07, 6.45) is 2.76. The van der Waals surface area contributed by atoms with Crippen LogP contribution in [0, 0.1) is 11.7 Å². The zero-order valence-electron chi connectivity index (χ0n) is 13.9. The van der Waals surface area contributed by atoms with Gasteiger partial charge in [0.05, 0.1) is 18.5 Å². The van der Waals surface area contributed by atoms with Gasteiger partial charge in [-0.05, 0) is 42.8 Å². The van der Waals surface area contributed by atoms with Crippen molar-refractivity contribution in [3.63, 3.8) is 0 Å². The Bertz CT molecular complexity index is 937. The molecule has 0 fully saturated rings. The van der Waals surface area contributed by atoms with Gasteiger partial charge in [-0.1, -0.05) is 24.3 Å². The molecule has 5 nitrogen and oxygen atoms in total. The van der Waals surface area contributed by atoms with E-state index in [2.05, 4.69) is 29.2 Å². The summed E-state index contributed by atoms with van der Waals surface area (Å²) in [5.74, 6) is 1.71. The third kappa shape index (κ3) is 2.61. The van der Waals surface area contributed by atoms with Crippen LogP contribution in [-0.2, 0) is 26.7 Å². The molecule has 124 valence electrons. The summed E-state index contributed by atoms with van der Waals surface area (Å²) in [6, 6.07) is 10.6. The van der Waals surface area contributed by atoms with Gasteiger partial charge in [0.1, 0.15) is 5.76 Å². The molecule has 2 aromatic heterocycles. The number of furan rings is 1. The fraction of sp³-hybridized carbons (Fsp3) is 0.333. The molecule has 6 heteroatoms. The number of rotatable bonds is 3. The van der Waals surface area contributed by atoms with Crippen molar-refractivity contribution < 1.29 is 4.42 Å². The van der Waals surface area contributed by atoms with Crippen molar-refractivity contribution in [1.82, 2.24) is 19.2 Å². The maximum atomic E-state index is 5.58. The van der Waals surface area contributed by atoms with Crippen LogP contribution in [0.4, 0.5) is 0 Å². The first-order valence-electron chi connectivity index (χ1n) is 8.11. The molecular formula is C18H20N4OS. The predicted molar refractivity (Wildman–Crippen MR) is 95.0 cm³/mol. The van der Waals surface area contributed by atoms with Crippen molar-refractivity contribution in [2.75, 3.05) is 6.54 Å². The average molecular weight is 340 g/mol. The molecule has 24 heavy (non-hydrogen) atoms. The Morgan fingerprint density at radius 3 is 2.75 bits per heavy atom. The van der Waals surface area contributed by atoms with Crippen molar-refractivity contribution in [3.8, 4) is 11.4 Å². The van der Waals surface area contributed by atoms with Gasteiger partial charge in [-0.15, -0.1) is 0 Å². The van der Waals surface area contributed by atoms with E-state index in [9.17, 15) is 0 Å². The summed E-state index contributed by atoms with van der Waals surface area (Å²) >= 11 is 5.58. The van der Waals surface area contributed by atoms with Crippen molar-refractivity contribution >= 4 is 12.2 Å². The predicted octanol–water partition coefficient (Wildman–Crippen LogP) is 3.54. The Morgan fingerprint density at radius 2 is 2.00 bits per heavy atom. The second kappa shape index (κ2) is 6.03. The molecule has 0 spiro atoms. The molecule has 3 aromatic rings. The van der Waals surface area contributed by atoms with E-state index in [0.29, 0.717) is 6.67 Å². The van der Waals surface area contributed by atoms with Gasteiger partial charge in [0.25, 0.3) is 0 Å². The normalized spacial score (nSPS) is 14.8. The molecule has 0 atom stereocenters. The fourth-order valence-corrected chi connectivity index (χ4v) is 3.48. The zero-order chi connectivity index (χ0) is 16.7. The highest BCUT2D eigenvalue weighted by Crippen LogP contribution is 2.23. The summed E-state index contributed by atoms with van der Waals surface area (Å²) in [5, 5.41) is 4.74. The molecule has 1 aliphatic heterocycles. The van der Waals surface area contributed by atoms with Gasteiger partial charge in [-0.25, -0.2) is 4.68 Å². The highest BCUT2D eigenvalue weighted by Gasteiger charge is 2.19. The molecule has 0 saturated heterocycles. The molecule has 0 saturated carbocycles. The van der Waals surface area contributed by atoms with Crippen LogP contribution in [0.15, 0.2) is 41.0 Å². The van der Waals surface area contributed by atoms with Crippen LogP contribution in [0.2, 0.25) is 0 Å². The molecule has 1 aliphatic rings. The van der Waals surface area contributed by atoms with Crippen LogP contribution < -0.4 is 0 Å². The third-order valence-corrected chi connectivity index (χ3v) is 5.17. The fourth-order valence-electron chi connectivity index (χ4n) is 3.30. The standard InChI is InChI=1S/C18H20N4OS/c1-13-16(8-10-23-13)17-19-22(18(24)20(17)2)12-21-9-7-14-5-3-4-6-15(14)11-21/h3-6,8,10H,7,9,11-12H2,1-2H3. The van der Waals surface area contributed by atoms with Crippen LogP contribution in [0.1, 0.15) is 16.9 Å². The topological polar surface area (TPSA) is 39.1 Å². The SMILES string of the molecule is Cc1occc1-c1nn(CN2CCc3ccccc3C2)c(=S)n1C. The van der Waals surface area contributed by atoms with Gasteiger partial charge in [0, 0.05) is 20.1 Å². The molecule has 0 radical (unpaired) electrons. The first kappa shape index (κ1) is 15.4. The van der Waals surface area contributed by atoms with Gasteiger partial charge in [-0.3, -0.25) is 4.90 Å². The maximum absolute atomic E-state index is 5.58. The first-order valence-corrected chi connectivity index (χ1v) is 8.52. The Labute approximate surface area is 146 Å². The van der Waals surface area contributed by atoms with Crippen molar-refractivity contribution in [1.29, 1.82) is 0 Å². The number of fused-ring (bicyclic) bond motifs is 1. The second-order valence-corrected chi connectivity index (χ2v) is 6.63. The highest BCUT2D eigenvalue weighted by molar-refractivity contribution is 7.71. The van der Waals surface area contributed by atoms with Crippen molar-refractivity contribution in [2.24, 2.45) is 7.05 Å². The lowest BCUT2D eigenvalue weighted by Crippen LogP contribution is -2.32. The van der Waals surface area contributed by atoms with Crippen LogP contribution >= 0.6 is 12.2 Å². The van der Waals surface area contributed by atoms with E-state index < -0.39 is 0 Å². The lowest BCUT2D eigenvalue weighted by Gasteiger charge is -2.28. The van der Waals surface area contributed by atoms with E-state index in [1.165, 1.54) is 11.1 Å². The van der Waals surface area contributed by atoms with E-state index in [0.717, 1.165) is 41.4 Å². The van der Waals surface area contributed by atoms with Gasteiger partial charge in [-0.2, -0.15) is 5.10 Å². The van der Waals surface area contributed by atoms with E-state index >= 15 is 0 Å². The number of aromatic nitrogens is 3. The summed E-state index contributed by atoms with van der Waals surface area (Å²) in [7, 11) is 1.96. The smallest absolute Gasteiger partial charge is 0.199 e. The summed E-state index contributed by atoms with van der Waals surface area (Å²) in [6.45, 7) is 4.61. The maximum Gasteiger partial charge on any atom is 0.199 e. The van der Waals surface area contributed by atoms with Crippen molar-refractivity contribution in [3.05, 3.63) is 58.3 Å². The molecule has 0 N–H and O–H groups in total.